The van der Waals surface area contributed by atoms with E-state index in [1.54, 1.807) is 0 Å². The molecule has 1 saturated carbocycles. The second-order valence-corrected chi connectivity index (χ2v) is 8.97. The molecule has 2 heterocycles. The van der Waals surface area contributed by atoms with Gasteiger partial charge in [-0.3, -0.25) is 19.3 Å². The van der Waals surface area contributed by atoms with Gasteiger partial charge in [-0.1, -0.05) is 37.5 Å². The Kier molecular flexibility index (Phi) is 5.60. The first-order valence-electron chi connectivity index (χ1n) is 10.2. The van der Waals surface area contributed by atoms with Gasteiger partial charge in [0.1, 0.15) is 5.54 Å². The number of esters is 1. The lowest BCUT2D eigenvalue weighted by molar-refractivity contribution is -0.143. The van der Waals surface area contributed by atoms with Crippen molar-refractivity contribution in [1.29, 1.82) is 0 Å². The van der Waals surface area contributed by atoms with E-state index in [0.29, 0.717) is 17.7 Å². The quantitative estimate of drug-likeness (QED) is 0.431. The van der Waals surface area contributed by atoms with Crippen LogP contribution in [-0.2, 0) is 14.3 Å². The number of nitrogens with zero attached hydrogens (tertiary/aromatic N) is 1. The summed E-state index contributed by atoms with van der Waals surface area (Å²) >= 11 is 1.38. The summed E-state index contributed by atoms with van der Waals surface area (Å²) < 4.78 is 6.14. The molecule has 1 aliphatic carbocycles. The van der Waals surface area contributed by atoms with Crippen molar-refractivity contribution in [2.24, 2.45) is 0 Å². The zero-order valence-electron chi connectivity index (χ0n) is 16.9. The maximum atomic E-state index is 12.7. The fraction of sp³-hybridized carbons (Fsp3) is 0.455. The van der Waals surface area contributed by atoms with Crippen LogP contribution in [0.1, 0.15) is 53.8 Å². The van der Waals surface area contributed by atoms with Gasteiger partial charge < -0.3 is 10.1 Å². The largest absolute Gasteiger partial charge is 0.457 e. The molecule has 1 aliphatic heterocycles. The highest BCUT2D eigenvalue weighted by Gasteiger charge is 2.51. The number of thiophene rings is 1. The average Bonchev–Trinajstić information content (AvgIpc) is 3.20. The van der Waals surface area contributed by atoms with Crippen molar-refractivity contribution in [2.45, 2.75) is 51.0 Å². The molecule has 2 aromatic rings. The second kappa shape index (κ2) is 8.18. The Morgan fingerprint density at radius 2 is 1.90 bits per heavy atom. The minimum atomic E-state index is -0.798. The Bertz CT molecular complexity index is 1020. The number of benzene rings is 1. The number of hydrogen-bond acceptors (Lipinski definition) is 6. The van der Waals surface area contributed by atoms with E-state index in [-0.39, 0.29) is 31.3 Å². The summed E-state index contributed by atoms with van der Waals surface area (Å²) in [5, 5.41) is 3.84. The number of hydrogen-bond donors (Lipinski definition) is 1. The molecule has 2 aliphatic rings. The van der Waals surface area contributed by atoms with E-state index in [1.165, 1.54) is 11.3 Å². The Balaban J connectivity index is 1.31. The topological polar surface area (TPSA) is 92.8 Å². The van der Waals surface area contributed by atoms with Gasteiger partial charge >= 0.3 is 12.0 Å². The van der Waals surface area contributed by atoms with Crippen LogP contribution in [-0.4, -0.2) is 47.3 Å². The summed E-state index contributed by atoms with van der Waals surface area (Å²) in [5.41, 5.74) is 0.0854. The highest BCUT2D eigenvalue weighted by atomic mass is 32.1. The Labute approximate surface area is 178 Å². The summed E-state index contributed by atoms with van der Waals surface area (Å²) in [6.07, 6.45) is 4.02. The molecule has 0 bridgehead atoms. The molecule has 30 heavy (non-hydrogen) atoms. The minimum absolute atomic E-state index is 0.0403. The van der Waals surface area contributed by atoms with Gasteiger partial charge in [-0.05, 0) is 36.8 Å². The van der Waals surface area contributed by atoms with Crippen LogP contribution in [0.4, 0.5) is 4.79 Å². The minimum Gasteiger partial charge on any atom is -0.457 e. The number of ether oxygens (including phenoxy) is 1. The molecule has 3 amide bonds. The molecule has 1 aromatic carbocycles. The van der Waals surface area contributed by atoms with Crippen LogP contribution in [0.25, 0.3) is 10.1 Å². The third kappa shape index (κ3) is 3.71. The van der Waals surface area contributed by atoms with E-state index in [4.69, 9.17) is 4.74 Å². The first kappa shape index (κ1) is 20.5. The normalized spacial score (nSPS) is 18.1. The van der Waals surface area contributed by atoms with Crippen molar-refractivity contribution < 1.29 is 23.9 Å². The fourth-order valence-corrected chi connectivity index (χ4v) is 5.43. The zero-order valence-corrected chi connectivity index (χ0v) is 17.7. The van der Waals surface area contributed by atoms with Gasteiger partial charge in [0, 0.05) is 11.2 Å². The molecule has 4 rings (SSSR count). The molecule has 0 radical (unpaired) electrons. The number of Topliss-reactive ketones (excluding diaryl/α,β-unsaturated/α-hetero) is 1. The third-order valence-electron chi connectivity index (χ3n) is 5.95. The molecule has 7 nitrogen and oxygen atoms in total. The summed E-state index contributed by atoms with van der Waals surface area (Å²) in [6, 6.07) is 7.30. The predicted octanol–water partition coefficient (Wildman–Crippen LogP) is 3.58. The van der Waals surface area contributed by atoms with Gasteiger partial charge in [0.05, 0.1) is 11.3 Å². The molecule has 8 heteroatoms. The number of rotatable bonds is 6. The number of nitrogens with one attached hydrogen (secondary N) is 1. The Morgan fingerprint density at radius 1 is 1.17 bits per heavy atom. The molecular weight excluding hydrogens is 404 g/mol. The van der Waals surface area contributed by atoms with E-state index < -0.39 is 17.5 Å². The predicted molar refractivity (Wildman–Crippen MR) is 113 cm³/mol. The van der Waals surface area contributed by atoms with Gasteiger partial charge in [-0.15, -0.1) is 11.3 Å². The lowest BCUT2D eigenvalue weighted by Gasteiger charge is -2.30. The molecule has 1 aromatic heterocycles. The van der Waals surface area contributed by atoms with E-state index in [0.717, 1.165) is 39.8 Å². The molecule has 1 N–H and O–H groups in total. The molecule has 1 spiro atoms. The van der Waals surface area contributed by atoms with Crippen molar-refractivity contribution in [1.82, 2.24) is 10.2 Å². The Morgan fingerprint density at radius 3 is 2.63 bits per heavy atom. The second-order valence-electron chi connectivity index (χ2n) is 7.92. The lowest BCUT2D eigenvalue weighted by Crippen LogP contribution is -2.48. The number of aryl methyl sites for hydroxylation is 1. The monoisotopic (exact) mass is 428 g/mol. The van der Waals surface area contributed by atoms with E-state index in [2.05, 4.69) is 5.32 Å². The molecule has 0 unspecified atom stereocenters. The number of fused-ring (bicyclic) bond motifs is 1. The van der Waals surface area contributed by atoms with Crippen LogP contribution in [0.2, 0.25) is 0 Å². The van der Waals surface area contributed by atoms with E-state index >= 15 is 0 Å². The highest BCUT2D eigenvalue weighted by Crippen LogP contribution is 2.34. The van der Waals surface area contributed by atoms with Gasteiger partial charge in [0.25, 0.3) is 5.91 Å². The smallest absolute Gasteiger partial charge is 0.325 e. The van der Waals surface area contributed by atoms with Crippen molar-refractivity contribution in [2.75, 3.05) is 13.2 Å². The number of carbonyl (C=O) groups is 4. The van der Waals surface area contributed by atoms with Crippen LogP contribution in [0.5, 0.6) is 0 Å². The molecule has 158 valence electrons. The molecular formula is C22H24N2O5S. The molecule has 2 fully saturated rings. The van der Waals surface area contributed by atoms with Crippen molar-refractivity contribution in [3.63, 3.8) is 0 Å². The Hall–Kier alpha value is -2.74. The van der Waals surface area contributed by atoms with E-state index in [1.807, 2.05) is 31.2 Å². The van der Waals surface area contributed by atoms with Crippen molar-refractivity contribution in [3.8, 4) is 0 Å². The highest BCUT2D eigenvalue weighted by molar-refractivity contribution is 7.21. The summed E-state index contributed by atoms with van der Waals surface area (Å²) in [7, 11) is 0. The fourth-order valence-electron chi connectivity index (χ4n) is 4.30. The number of urea groups is 1. The third-order valence-corrected chi connectivity index (χ3v) is 7.27. The molecule has 1 saturated heterocycles. The van der Waals surface area contributed by atoms with Crippen molar-refractivity contribution >= 4 is 45.1 Å². The SMILES string of the molecule is Cc1c(C(=O)COC(=O)CCN2C(=O)NC3(CCCCC3)C2=O)sc2ccccc12. The van der Waals surface area contributed by atoms with Crippen LogP contribution in [0, 0.1) is 6.92 Å². The number of amides is 3. The van der Waals surface area contributed by atoms with Crippen LogP contribution in [0.3, 0.4) is 0 Å². The first-order valence-corrected chi connectivity index (χ1v) is 11.0. The maximum Gasteiger partial charge on any atom is 0.325 e. The van der Waals surface area contributed by atoms with Crippen LogP contribution < -0.4 is 5.32 Å². The van der Waals surface area contributed by atoms with Gasteiger partial charge in [0.15, 0.2) is 6.61 Å². The lowest BCUT2D eigenvalue weighted by atomic mass is 9.82. The zero-order chi connectivity index (χ0) is 21.3. The summed E-state index contributed by atoms with van der Waals surface area (Å²) in [4.78, 5) is 51.3. The number of ketones is 1. The van der Waals surface area contributed by atoms with Crippen molar-refractivity contribution in [3.05, 3.63) is 34.7 Å². The van der Waals surface area contributed by atoms with Gasteiger partial charge in [0.2, 0.25) is 5.78 Å². The van der Waals surface area contributed by atoms with Gasteiger partial charge in [-0.25, -0.2) is 4.79 Å². The van der Waals surface area contributed by atoms with Gasteiger partial charge in [-0.2, -0.15) is 0 Å². The van der Waals surface area contributed by atoms with Crippen LogP contribution in [0.15, 0.2) is 24.3 Å². The first-order chi connectivity index (χ1) is 14.4. The maximum absolute atomic E-state index is 12.7. The van der Waals surface area contributed by atoms with Crippen LogP contribution >= 0.6 is 11.3 Å². The summed E-state index contributed by atoms with van der Waals surface area (Å²) in [5.74, 6) is -1.11. The number of carbonyl (C=O) groups excluding carboxylic acids is 4. The summed E-state index contributed by atoms with van der Waals surface area (Å²) in [6.45, 7) is 1.49. The van der Waals surface area contributed by atoms with E-state index in [9.17, 15) is 19.2 Å². The average molecular weight is 429 g/mol. The standard InChI is InChI=1S/C22H24N2O5S/c1-14-15-7-3-4-8-17(15)30-19(14)16(25)13-29-18(26)9-12-24-20(27)22(23-21(24)28)10-5-2-6-11-22/h3-4,7-8H,2,5-6,9-13H2,1H3,(H,23,28). The number of imide groups is 1. The molecule has 0 atom stereocenters.